The van der Waals surface area contributed by atoms with Crippen LogP contribution >= 0.6 is 0 Å². The van der Waals surface area contributed by atoms with Gasteiger partial charge >= 0.3 is 0 Å². The van der Waals surface area contributed by atoms with Crippen LogP contribution in [-0.2, 0) is 47.4 Å². The molecule has 0 aliphatic carbocycles. The number of aliphatic hydroxyl groups excluding tert-OH is 2. The fourth-order valence-electron chi connectivity index (χ4n) is 10.1. The second-order valence-electron chi connectivity index (χ2n) is 18.4. The minimum absolute atomic E-state index is 0.0357. The Hall–Kier alpha value is -0.480. The summed E-state index contributed by atoms with van der Waals surface area (Å²) in [6, 6.07) is 0. The quantitative estimate of drug-likeness (QED) is 0.236. The smallest absolute Gasteiger partial charge is 0.161 e. The average molecular weight is 785 g/mol. The second-order valence-corrected chi connectivity index (χ2v) is 18.4. The zero-order valence-electron chi connectivity index (χ0n) is 35.9. The van der Waals surface area contributed by atoms with Crippen LogP contribution in [0.4, 0.5) is 0 Å². The molecule has 6 aliphatic rings. The highest BCUT2D eigenvalue weighted by Gasteiger charge is 2.53. The summed E-state index contributed by atoms with van der Waals surface area (Å²) in [5, 5.41) is 20.5. The lowest BCUT2D eigenvalue weighted by atomic mass is 9.81. The minimum atomic E-state index is -0.735. The van der Waals surface area contributed by atoms with E-state index in [1.807, 2.05) is 13.8 Å². The summed E-state index contributed by atoms with van der Waals surface area (Å²) in [5.41, 5.74) is 0. The summed E-state index contributed by atoms with van der Waals surface area (Å²) >= 11 is 0. The molecule has 0 spiro atoms. The topological polar surface area (TPSA) is 133 Å². The summed E-state index contributed by atoms with van der Waals surface area (Å²) < 4.78 is 66.0. The number of aliphatic hydroxyl groups is 2. The van der Waals surface area contributed by atoms with E-state index in [1.165, 1.54) is 0 Å². The second kappa shape index (κ2) is 18.4. The van der Waals surface area contributed by atoms with Crippen molar-refractivity contribution in [1.29, 1.82) is 0 Å². The van der Waals surface area contributed by atoms with Gasteiger partial charge in [-0.25, -0.2) is 0 Å². The fraction of sp³-hybridized carbons (Fsp3) is 1.00. The molecule has 25 atom stereocenters. The number of hydrogen-bond acceptors (Lipinski definition) is 12. The summed E-state index contributed by atoms with van der Waals surface area (Å²) in [6.07, 6.45) is -2.15. The summed E-state index contributed by atoms with van der Waals surface area (Å²) in [5.74, 6) is 1.08. The van der Waals surface area contributed by atoms with Crippen molar-refractivity contribution in [3.63, 3.8) is 0 Å². The van der Waals surface area contributed by atoms with Crippen LogP contribution in [0.1, 0.15) is 109 Å². The number of hydrogen-bond donors (Lipinski definition) is 2. The van der Waals surface area contributed by atoms with Crippen molar-refractivity contribution in [2.24, 2.45) is 59.2 Å². The van der Waals surface area contributed by atoms with Gasteiger partial charge in [-0.3, -0.25) is 0 Å². The van der Waals surface area contributed by atoms with Crippen LogP contribution in [0.2, 0.25) is 0 Å². The maximum absolute atomic E-state index is 10.6. The van der Waals surface area contributed by atoms with Gasteiger partial charge in [0.2, 0.25) is 0 Å². The van der Waals surface area contributed by atoms with Crippen molar-refractivity contribution < 1.29 is 57.6 Å². The molecule has 55 heavy (non-hydrogen) atoms. The Morgan fingerprint density at radius 1 is 0.436 bits per heavy atom. The molecule has 6 fully saturated rings. The third-order valence-electron chi connectivity index (χ3n) is 15.3. The molecule has 0 aromatic heterocycles. The predicted octanol–water partition coefficient (Wildman–Crippen LogP) is 6.13. The van der Waals surface area contributed by atoms with Crippen LogP contribution in [0.3, 0.4) is 0 Å². The van der Waals surface area contributed by atoms with Crippen molar-refractivity contribution in [3.8, 4) is 0 Å². The molecule has 12 nitrogen and oxygen atoms in total. The fourth-order valence-corrected chi connectivity index (χ4v) is 10.1. The lowest BCUT2D eigenvalue weighted by molar-refractivity contribution is -0.363. The van der Waals surface area contributed by atoms with E-state index in [0.717, 1.165) is 19.3 Å². The molecule has 6 heterocycles. The van der Waals surface area contributed by atoms with Gasteiger partial charge < -0.3 is 57.6 Å². The van der Waals surface area contributed by atoms with E-state index < -0.39 is 31.1 Å². The molecule has 320 valence electrons. The normalized spacial score (nSPS) is 54.7. The first-order chi connectivity index (χ1) is 26.1. The van der Waals surface area contributed by atoms with Crippen molar-refractivity contribution in [3.05, 3.63) is 0 Å². The van der Waals surface area contributed by atoms with Crippen LogP contribution < -0.4 is 0 Å². The van der Waals surface area contributed by atoms with Crippen LogP contribution in [0.25, 0.3) is 0 Å². The van der Waals surface area contributed by atoms with E-state index in [-0.39, 0.29) is 121 Å². The van der Waals surface area contributed by atoms with Crippen LogP contribution in [0, 0.1) is 59.2 Å². The number of ether oxygens (including phenoxy) is 10. The first-order valence-electron chi connectivity index (χ1n) is 21.9. The molecular weight excluding hydrogens is 708 g/mol. The van der Waals surface area contributed by atoms with Gasteiger partial charge in [-0.15, -0.1) is 0 Å². The molecule has 12 heteroatoms. The van der Waals surface area contributed by atoms with Gasteiger partial charge in [-0.05, 0) is 48.9 Å². The molecule has 6 aliphatic heterocycles. The maximum Gasteiger partial charge on any atom is 0.161 e. The zero-order valence-corrected chi connectivity index (χ0v) is 35.9. The molecule has 6 saturated heterocycles. The first kappa shape index (κ1) is 44.1. The van der Waals surface area contributed by atoms with Gasteiger partial charge in [0.15, 0.2) is 31.5 Å². The number of rotatable bonds is 12. The highest BCUT2D eigenvalue weighted by molar-refractivity contribution is 4.95. The molecule has 0 radical (unpaired) electrons. The Bertz CT molecular complexity index is 1200. The van der Waals surface area contributed by atoms with E-state index in [4.69, 9.17) is 47.4 Å². The SMILES string of the molecule is CCC1O[C@@H](O[C@@H]2C(CC)O[C@@H](O[C@H]3C(C)C(C)[C@@H]4OC[C@@H]3O4)[C@@H](C)C2C)[C@@H](C)C(C)[C@@H]1O[C@@H]1O[C@@H](CC)[C@@H](O[C@H]2O[C@@H](CO)[C@@H](O)C(C)C2C)C(C)C1C. The van der Waals surface area contributed by atoms with Crippen LogP contribution in [0.15, 0.2) is 0 Å². The van der Waals surface area contributed by atoms with E-state index in [0.29, 0.717) is 12.5 Å². The molecule has 0 aromatic rings. The van der Waals surface area contributed by atoms with Crippen molar-refractivity contribution in [2.75, 3.05) is 13.2 Å². The van der Waals surface area contributed by atoms with Gasteiger partial charge in [-0.1, -0.05) is 90.0 Å². The Morgan fingerprint density at radius 3 is 1.16 bits per heavy atom. The Labute approximate surface area is 331 Å². The van der Waals surface area contributed by atoms with Gasteiger partial charge in [-0.2, -0.15) is 0 Å². The standard InChI is InChI=1S/C43H76O12/c1-14-29-35(52-40-24(9)19(4)34(45)32(17-44)50-40)21(6)26(11)41(47-29)53-36-22(7)27(12)42(48-30(36)15-2)54-37-23(8)28(13)43(49-31(37)16-3)55-38-20(5)25(10)39-46-18-33(38)51-39/h19-45H,14-18H2,1-13H3/t19?,20?,21?,22?,23?,24?,25?,26?,27-,28-,29-,30?,31?,32-,33-,34-,35-,36-,37-,38-,39+,40+,41-,42-,43-/m0/s1. The predicted molar refractivity (Wildman–Crippen MR) is 204 cm³/mol. The lowest BCUT2D eigenvalue weighted by Gasteiger charge is -2.52. The number of fused-ring (bicyclic) bond motifs is 2. The molecule has 0 amide bonds. The molecule has 2 bridgehead atoms. The van der Waals surface area contributed by atoms with Crippen LogP contribution in [0.5, 0.6) is 0 Å². The Kier molecular flexibility index (Phi) is 14.8. The highest BCUT2D eigenvalue weighted by atomic mass is 16.8. The Balaban J connectivity index is 1.08. The summed E-state index contributed by atoms with van der Waals surface area (Å²) in [7, 11) is 0. The van der Waals surface area contributed by atoms with E-state index in [9.17, 15) is 10.2 Å². The first-order valence-corrected chi connectivity index (χ1v) is 21.9. The third-order valence-corrected chi connectivity index (χ3v) is 15.3. The molecule has 0 aromatic carbocycles. The van der Waals surface area contributed by atoms with Gasteiger partial charge in [0.25, 0.3) is 0 Å². The van der Waals surface area contributed by atoms with Crippen molar-refractivity contribution >= 4 is 0 Å². The minimum Gasteiger partial charge on any atom is -0.394 e. The molecule has 10 unspecified atom stereocenters. The molecular formula is C43H76O12. The van der Waals surface area contributed by atoms with Crippen molar-refractivity contribution in [2.45, 2.75) is 202 Å². The van der Waals surface area contributed by atoms with Crippen LogP contribution in [-0.4, -0.2) is 116 Å². The molecule has 2 N–H and O–H groups in total. The molecule has 0 saturated carbocycles. The van der Waals surface area contributed by atoms with Gasteiger partial charge in [0.05, 0.1) is 62.0 Å². The maximum atomic E-state index is 10.6. The lowest BCUT2D eigenvalue weighted by Crippen LogP contribution is -2.59. The molecule has 6 rings (SSSR count). The van der Waals surface area contributed by atoms with E-state index in [2.05, 4.69) is 76.2 Å². The summed E-state index contributed by atoms with van der Waals surface area (Å²) in [4.78, 5) is 0. The van der Waals surface area contributed by atoms with Crippen molar-refractivity contribution in [1.82, 2.24) is 0 Å². The van der Waals surface area contributed by atoms with Gasteiger partial charge in [0, 0.05) is 29.6 Å². The zero-order chi connectivity index (χ0) is 40.0. The third kappa shape index (κ3) is 8.60. The van der Waals surface area contributed by atoms with Gasteiger partial charge in [0.1, 0.15) is 12.2 Å². The monoisotopic (exact) mass is 785 g/mol. The van der Waals surface area contributed by atoms with E-state index in [1.54, 1.807) is 0 Å². The Morgan fingerprint density at radius 2 is 0.782 bits per heavy atom. The summed E-state index contributed by atoms with van der Waals surface area (Å²) in [6.45, 7) is 28.5. The highest BCUT2D eigenvalue weighted by Crippen LogP contribution is 2.45. The average Bonchev–Trinajstić information content (AvgIpc) is 3.64. The van der Waals surface area contributed by atoms with E-state index >= 15 is 0 Å². The largest absolute Gasteiger partial charge is 0.394 e.